The molecule has 0 bridgehead atoms. The van der Waals surface area contributed by atoms with E-state index in [1.165, 1.54) is 52.3 Å². The second-order valence-corrected chi connectivity index (χ2v) is 8.67. The Labute approximate surface area is 188 Å². The average Bonchev–Trinajstić information content (AvgIpc) is 3.20. The van der Waals surface area contributed by atoms with Crippen molar-refractivity contribution in [2.45, 2.75) is 19.3 Å². The number of piperidine rings is 1. The van der Waals surface area contributed by atoms with Gasteiger partial charge < -0.3 is 9.64 Å². The first-order valence-electron chi connectivity index (χ1n) is 11.3. The maximum Gasteiger partial charge on any atom is 0.118 e. The summed E-state index contributed by atoms with van der Waals surface area (Å²) in [6.07, 6.45) is 3.62. The molecule has 1 aliphatic carbocycles. The molecule has 4 aromatic carbocycles. The number of fused-ring (bicyclic) bond motifs is 3. The molecule has 0 amide bonds. The van der Waals surface area contributed by atoms with Crippen LogP contribution in [0.3, 0.4) is 0 Å². The molecule has 3 nitrogen and oxygen atoms in total. The molecule has 1 heterocycles. The molecule has 1 saturated heterocycles. The molecular weight excluding hydrogens is 392 g/mol. The Bertz CT molecular complexity index is 1380. The van der Waals surface area contributed by atoms with Crippen LogP contribution in [-0.2, 0) is 0 Å². The lowest BCUT2D eigenvalue weighted by Crippen LogP contribution is -2.30. The van der Waals surface area contributed by atoms with E-state index in [0.29, 0.717) is 0 Å². The van der Waals surface area contributed by atoms with Gasteiger partial charge in [0.1, 0.15) is 11.8 Å². The molecule has 0 N–H and O–H groups in total. The van der Waals surface area contributed by atoms with Crippen LogP contribution < -0.4 is 9.64 Å². The summed E-state index contributed by atoms with van der Waals surface area (Å²) in [7, 11) is 1.69. The minimum Gasteiger partial charge on any atom is -0.497 e. The number of hydrogen-bond donors (Lipinski definition) is 0. The molecule has 0 spiro atoms. The topological polar surface area (TPSA) is 36.3 Å². The molecule has 4 aromatic rings. The van der Waals surface area contributed by atoms with Gasteiger partial charge in [-0.25, -0.2) is 0 Å². The van der Waals surface area contributed by atoms with Crippen molar-refractivity contribution in [3.63, 3.8) is 0 Å². The van der Waals surface area contributed by atoms with E-state index in [-0.39, 0.29) is 0 Å². The molecule has 156 valence electrons. The van der Waals surface area contributed by atoms with Gasteiger partial charge in [0, 0.05) is 18.7 Å². The van der Waals surface area contributed by atoms with E-state index in [0.717, 1.165) is 41.2 Å². The first kappa shape index (κ1) is 19.0. The highest BCUT2D eigenvalue weighted by atomic mass is 16.5. The monoisotopic (exact) mass is 416 g/mol. The standard InChI is InChI=1S/C29H24N2O/c1-32-21-13-11-19(12-14-21)24-17-26(31-15-3-2-4-16-31)25(18-30)29-23-10-6-8-20-7-5-9-22(27(20)23)28(24)29/h5-14,17H,2-4,15-16H2,1H3. The van der Waals surface area contributed by atoms with E-state index in [1.54, 1.807) is 7.11 Å². The first-order chi connectivity index (χ1) is 15.8. The molecular formula is C29H24N2O. The zero-order valence-corrected chi connectivity index (χ0v) is 18.2. The fraction of sp³-hybridized carbons (Fsp3) is 0.207. The van der Waals surface area contributed by atoms with Gasteiger partial charge in [0.25, 0.3) is 0 Å². The Kier molecular flexibility index (Phi) is 4.40. The second kappa shape index (κ2) is 7.43. The molecule has 32 heavy (non-hydrogen) atoms. The van der Waals surface area contributed by atoms with E-state index in [9.17, 15) is 5.26 Å². The average molecular weight is 417 g/mol. The maximum atomic E-state index is 10.4. The van der Waals surface area contributed by atoms with Crippen molar-refractivity contribution < 1.29 is 4.74 Å². The van der Waals surface area contributed by atoms with E-state index in [2.05, 4.69) is 65.6 Å². The van der Waals surface area contributed by atoms with Gasteiger partial charge >= 0.3 is 0 Å². The predicted octanol–water partition coefficient (Wildman–Crippen LogP) is 7.02. The molecule has 6 rings (SSSR count). The molecule has 0 saturated carbocycles. The van der Waals surface area contributed by atoms with Crippen molar-refractivity contribution in [2.75, 3.05) is 25.1 Å². The van der Waals surface area contributed by atoms with E-state index in [1.807, 2.05) is 12.1 Å². The third-order valence-electron chi connectivity index (χ3n) is 6.96. The van der Waals surface area contributed by atoms with Crippen molar-refractivity contribution in [1.82, 2.24) is 0 Å². The van der Waals surface area contributed by atoms with Crippen LogP contribution in [0, 0.1) is 11.3 Å². The van der Waals surface area contributed by atoms with Crippen LogP contribution in [0.2, 0.25) is 0 Å². The highest BCUT2D eigenvalue weighted by molar-refractivity contribution is 6.20. The lowest BCUT2D eigenvalue weighted by molar-refractivity contribution is 0.415. The van der Waals surface area contributed by atoms with Gasteiger partial charge in [-0.1, -0.05) is 48.5 Å². The highest BCUT2D eigenvalue weighted by Crippen LogP contribution is 2.54. The molecule has 0 radical (unpaired) electrons. The number of nitriles is 1. The molecule has 2 aliphatic rings. The summed E-state index contributed by atoms with van der Waals surface area (Å²) in [5, 5.41) is 12.9. The molecule has 0 unspecified atom stereocenters. The van der Waals surface area contributed by atoms with Gasteiger partial charge in [-0.2, -0.15) is 5.26 Å². The molecule has 0 atom stereocenters. The van der Waals surface area contributed by atoms with Crippen LogP contribution in [0.5, 0.6) is 5.75 Å². The number of anilines is 1. The van der Waals surface area contributed by atoms with Gasteiger partial charge in [-0.15, -0.1) is 0 Å². The van der Waals surface area contributed by atoms with E-state index in [4.69, 9.17) is 4.74 Å². The number of nitrogens with zero attached hydrogens (tertiary/aromatic N) is 2. The van der Waals surface area contributed by atoms with Crippen LogP contribution in [0.15, 0.2) is 66.7 Å². The Morgan fingerprint density at radius 3 is 2.16 bits per heavy atom. The third-order valence-corrected chi connectivity index (χ3v) is 6.96. The van der Waals surface area contributed by atoms with Gasteiger partial charge in [0.15, 0.2) is 0 Å². The Morgan fingerprint density at radius 2 is 1.50 bits per heavy atom. The SMILES string of the molecule is COc1ccc(-c2cc(N3CCCCC3)c(C#N)c3c2-c2cccc4cccc-3c24)cc1. The lowest BCUT2D eigenvalue weighted by atomic mass is 9.88. The van der Waals surface area contributed by atoms with Gasteiger partial charge in [-0.05, 0) is 76.1 Å². The zero-order valence-electron chi connectivity index (χ0n) is 18.2. The summed E-state index contributed by atoms with van der Waals surface area (Å²) in [6.45, 7) is 2.01. The number of rotatable bonds is 3. The first-order valence-corrected chi connectivity index (χ1v) is 11.3. The third kappa shape index (κ3) is 2.73. The smallest absolute Gasteiger partial charge is 0.118 e. The van der Waals surface area contributed by atoms with Crippen molar-refractivity contribution in [2.24, 2.45) is 0 Å². The van der Waals surface area contributed by atoms with Crippen molar-refractivity contribution in [3.05, 3.63) is 72.3 Å². The largest absolute Gasteiger partial charge is 0.497 e. The second-order valence-electron chi connectivity index (χ2n) is 8.67. The number of hydrogen-bond acceptors (Lipinski definition) is 3. The fourth-order valence-corrected chi connectivity index (χ4v) is 5.47. The van der Waals surface area contributed by atoms with Crippen LogP contribution >= 0.6 is 0 Å². The summed E-state index contributed by atoms with van der Waals surface area (Å²) < 4.78 is 5.40. The van der Waals surface area contributed by atoms with Crippen LogP contribution in [0.4, 0.5) is 5.69 Å². The molecule has 3 heteroatoms. The number of methoxy groups -OCH3 is 1. The summed E-state index contributed by atoms with van der Waals surface area (Å²) in [4.78, 5) is 2.42. The Morgan fingerprint density at radius 1 is 0.812 bits per heavy atom. The fourth-order valence-electron chi connectivity index (χ4n) is 5.47. The zero-order chi connectivity index (χ0) is 21.7. The number of benzene rings is 4. The van der Waals surface area contributed by atoms with Crippen molar-refractivity contribution in [1.29, 1.82) is 5.26 Å². The van der Waals surface area contributed by atoms with E-state index >= 15 is 0 Å². The Balaban J connectivity index is 1.70. The van der Waals surface area contributed by atoms with Crippen molar-refractivity contribution in [3.8, 4) is 45.2 Å². The maximum absolute atomic E-state index is 10.4. The number of ether oxygens (including phenoxy) is 1. The van der Waals surface area contributed by atoms with Crippen molar-refractivity contribution >= 4 is 16.5 Å². The van der Waals surface area contributed by atoms with Gasteiger partial charge in [-0.3, -0.25) is 0 Å². The van der Waals surface area contributed by atoms with Crippen LogP contribution in [-0.4, -0.2) is 20.2 Å². The minimum absolute atomic E-state index is 0.808. The van der Waals surface area contributed by atoms with Crippen LogP contribution in [0.1, 0.15) is 24.8 Å². The summed E-state index contributed by atoms with van der Waals surface area (Å²) >= 11 is 0. The summed E-state index contributed by atoms with van der Waals surface area (Å²) in [5.41, 5.74) is 8.89. The predicted molar refractivity (Wildman–Crippen MR) is 131 cm³/mol. The highest BCUT2D eigenvalue weighted by Gasteiger charge is 2.30. The summed E-state index contributed by atoms with van der Waals surface area (Å²) in [6, 6.07) is 26.1. The van der Waals surface area contributed by atoms with Gasteiger partial charge in [0.05, 0.1) is 18.4 Å². The summed E-state index contributed by atoms with van der Waals surface area (Å²) in [5.74, 6) is 0.848. The molecule has 1 fully saturated rings. The Hall–Kier alpha value is -3.77. The molecule has 1 aliphatic heterocycles. The van der Waals surface area contributed by atoms with Gasteiger partial charge in [0.2, 0.25) is 0 Å². The minimum atomic E-state index is 0.808. The lowest BCUT2D eigenvalue weighted by Gasteiger charge is -2.31. The van der Waals surface area contributed by atoms with Crippen LogP contribution in [0.25, 0.3) is 44.2 Å². The molecule has 0 aromatic heterocycles. The van der Waals surface area contributed by atoms with E-state index < -0.39 is 0 Å². The normalized spacial score (nSPS) is 14.3. The quantitative estimate of drug-likeness (QED) is 0.317.